The molecule has 2 aliphatic heterocycles. The summed E-state index contributed by atoms with van der Waals surface area (Å²) >= 11 is 0. The van der Waals surface area contributed by atoms with Crippen LogP contribution < -0.4 is 16.0 Å². The summed E-state index contributed by atoms with van der Waals surface area (Å²) in [7, 11) is 0. The van der Waals surface area contributed by atoms with E-state index in [1.54, 1.807) is 23.2 Å². The summed E-state index contributed by atoms with van der Waals surface area (Å²) in [5, 5.41) is 8.92. The number of urea groups is 1. The summed E-state index contributed by atoms with van der Waals surface area (Å²) in [6.07, 6.45) is 11.4. The molecule has 2 aromatic rings. The Labute approximate surface area is 198 Å². The van der Waals surface area contributed by atoms with Crippen LogP contribution in [0.1, 0.15) is 60.1 Å². The standard InChI is InChI=1S/C26H29N5O3/c32-24-23-15-20(29-26(34)28-19-7-2-1-3-8-19)16-31(23)25(33)21-14-17(10-12-22(21)30-24)9-11-18-6-4-5-13-27-18/h4-6,9-14,19-20,23H,1-3,7-8,15-16H2,(H,30,32)(H2,28,29,34)/b11-9+/t20-,23-/m0/s1. The molecule has 34 heavy (non-hydrogen) atoms. The van der Waals surface area contributed by atoms with Crippen molar-refractivity contribution < 1.29 is 14.4 Å². The van der Waals surface area contributed by atoms with Crippen molar-refractivity contribution in [3.8, 4) is 0 Å². The molecule has 5 rings (SSSR count). The highest BCUT2D eigenvalue weighted by Crippen LogP contribution is 2.30. The minimum absolute atomic E-state index is 0.204. The maximum absolute atomic E-state index is 13.4. The van der Waals surface area contributed by atoms with Crippen LogP contribution in [-0.2, 0) is 4.79 Å². The average Bonchev–Trinajstić information content (AvgIpc) is 3.24. The van der Waals surface area contributed by atoms with Crippen LogP contribution >= 0.6 is 0 Å². The Morgan fingerprint density at radius 1 is 1.03 bits per heavy atom. The number of carbonyl (C=O) groups excluding carboxylic acids is 3. The van der Waals surface area contributed by atoms with Gasteiger partial charge in [-0.1, -0.05) is 37.5 Å². The van der Waals surface area contributed by atoms with Crippen molar-refractivity contribution in [2.45, 2.75) is 56.7 Å². The Morgan fingerprint density at radius 3 is 2.65 bits per heavy atom. The van der Waals surface area contributed by atoms with E-state index < -0.39 is 6.04 Å². The number of nitrogens with zero attached hydrogens (tertiary/aromatic N) is 2. The normalized spacial score (nSPS) is 22.6. The number of rotatable bonds is 4. The molecule has 1 saturated carbocycles. The number of fused-ring (bicyclic) bond motifs is 2. The zero-order chi connectivity index (χ0) is 23.5. The number of benzene rings is 1. The Bertz CT molecular complexity index is 1110. The molecule has 8 heteroatoms. The highest BCUT2D eigenvalue weighted by atomic mass is 16.2. The predicted molar refractivity (Wildman–Crippen MR) is 130 cm³/mol. The summed E-state index contributed by atoms with van der Waals surface area (Å²) in [6.45, 7) is 0.308. The molecule has 4 amide bonds. The van der Waals surface area contributed by atoms with Gasteiger partial charge in [0.05, 0.1) is 23.0 Å². The third-order valence-corrected chi connectivity index (χ3v) is 6.81. The van der Waals surface area contributed by atoms with Gasteiger partial charge in [-0.3, -0.25) is 14.6 Å². The zero-order valence-electron chi connectivity index (χ0n) is 19.0. The summed E-state index contributed by atoms with van der Waals surface area (Å²) in [5.41, 5.74) is 2.62. The third kappa shape index (κ3) is 4.81. The van der Waals surface area contributed by atoms with Crippen molar-refractivity contribution in [2.75, 3.05) is 11.9 Å². The zero-order valence-corrected chi connectivity index (χ0v) is 19.0. The van der Waals surface area contributed by atoms with Gasteiger partial charge in [-0.2, -0.15) is 0 Å². The molecular formula is C26H29N5O3. The lowest BCUT2D eigenvalue weighted by molar-refractivity contribution is -0.119. The highest BCUT2D eigenvalue weighted by molar-refractivity contribution is 6.10. The second-order valence-corrected chi connectivity index (χ2v) is 9.24. The maximum atomic E-state index is 13.4. The van der Waals surface area contributed by atoms with E-state index in [0.29, 0.717) is 24.2 Å². The number of hydrogen-bond acceptors (Lipinski definition) is 4. The van der Waals surface area contributed by atoms with Crippen molar-refractivity contribution in [1.82, 2.24) is 20.5 Å². The van der Waals surface area contributed by atoms with Crippen LogP contribution in [0.15, 0.2) is 42.6 Å². The van der Waals surface area contributed by atoms with E-state index in [0.717, 1.165) is 36.9 Å². The van der Waals surface area contributed by atoms with Gasteiger partial charge in [0.1, 0.15) is 6.04 Å². The van der Waals surface area contributed by atoms with Crippen molar-refractivity contribution in [2.24, 2.45) is 0 Å². The fraction of sp³-hybridized carbons (Fsp3) is 0.385. The monoisotopic (exact) mass is 459 g/mol. The van der Waals surface area contributed by atoms with Gasteiger partial charge in [-0.15, -0.1) is 0 Å². The van der Waals surface area contributed by atoms with Crippen molar-refractivity contribution in [1.29, 1.82) is 0 Å². The first-order valence-corrected chi connectivity index (χ1v) is 12.0. The molecule has 3 aliphatic rings. The number of aromatic nitrogens is 1. The molecule has 1 saturated heterocycles. The first-order chi connectivity index (χ1) is 16.6. The third-order valence-electron chi connectivity index (χ3n) is 6.81. The minimum Gasteiger partial charge on any atom is -0.335 e. The minimum atomic E-state index is -0.604. The van der Waals surface area contributed by atoms with Gasteiger partial charge in [0, 0.05) is 18.8 Å². The van der Waals surface area contributed by atoms with E-state index in [9.17, 15) is 14.4 Å². The molecule has 2 atom stereocenters. The number of nitrogens with one attached hydrogen (secondary N) is 3. The molecule has 0 radical (unpaired) electrons. The van der Waals surface area contributed by atoms with Gasteiger partial charge in [-0.05, 0) is 55.2 Å². The molecule has 1 aromatic heterocycles. The smallest absolute Gasteiger partial charge is 0.315 e. The van der Waals surface area contributed by atoms with Crippen molar-refractivity contribution in [3.63, 3.8) is 0 Å². The van der Waals surface area contributed by atoms with Crippen LogP contribution in [0.4, 0.5) is 10.5 Å². The number of pyridine rings is 1. The quantitative estimate of drug-likeness (QED) is 0.652. The highest BCUT2D eigenvalue weighted by Gasteiger charge is 2.43. The molecule has 1 aromatic carbocycles. The topological polar surface area (TPSA) is 103 Å². The van der Waals surface area contributed by atoms with Crippen LogP contribution in [-0.4, -0.2) is 52.4 Å². The second kappa shape index (κ2) is 9.67. The van der Waals surface area contributed by atoms with Crippen LogP contribution in [0.25, 0.3) is 12.2 Å². The van der Waals surface area contributed by atoms with Gasteiger partial charge in [0.25, 0.3) is 5.91 Å². The maximum Gasteiger partial charge on any atom is 0.315 e. The predicted octanol–water partition coefficient (Wildman–Crippen LogP) is 3.42. The lowest BCUT2D eigenvalue weighted by Crippen LogP contribution is -2.47. The molecule has 0 spiro atoms. The van der Waals surface area contributed by atoms with E-state index in [4.69, 9.17) is 0 Å². The molecule has 3 N–H and O–H groups in total. The molecule has 1 aliphatic carbocycles. The average molecular weight is 460 g/mol. The second-order valence-electron chi connectivity index (χ2n) is 9.24. The number of amides is 4. The first kappa shape index (κ1) is 22.1. The SMILES string of the molecule is O=C(NC1CCCCC1)N[C@H]1C[C@H]2C(=O)Nc3ccc(/C=C/c4ccccn4)cc3C(=O)N2C1. The van der Waals surface area contributed by atoms with Crippen molar-refractivity contribution >= 4 is 35.7 Å². The summed E-state index contributed by atoms with van der Waals surface area (Å²) in [4.78, 5) is 44.7. The Kier molecular flexibility index (Phi) is 6.29. The Morgan fingerprint density at radius 2 is 1.85 bits per heavy atom. The van der Waals surface area contributed by atoms with E-state index in [1.807, 2.05) is 36.4 Å². The molecule has 0 bridgehead atoms. The van der Waals surface area contributed by atoms with Crippen LogP contribution in [0, 0.1) is 0 Å². The van der Waals surface area contributed by atoms with Crippen LogP contribution in [0.5, 0.6) is 0 Å². The molecule has 176 valence electrons. The molecule has 2 fully saturated rings. The molecule has 3 heterocycles. The number of anilines is 1. The van der Waals surface area contributed by atoms with Crippen molar-refractivity contribution in [3.05, 3.63) is 59.4 Å². The lowest BCUT2D eigenvalue weighted by atomic mass is 9.96. The largest absolute Gasteiger partial charge is 0.335 e. The van der Waals surface area contributed by atoms with Gasteiger partial charge < -0.3 is 20.9 Å². The van der Waals surface area contributed by atoms with E-state index in [1.165, 1.54) is 6.42 Å². The Balaban J connectivity index is 1.28. The van der Waals surface area contributed by atoms with E-state index in [2.05, 4.69) is 20.9 Å². The molecule has 8 nitrogen and oxygen atoms in total. The first-order valence-electron chi connectivity index (χ1n) is 12.0. The van der Waals surface area contributed by atoms with Gasteiger partial charge in [-0.25, -0.2) is 4.79 Å². The van der Waals surface area contributed by atoms with Gasteiger partial charge in [0.15, 0.2) is 0 Å². The van der Waals surface area contributed by atoms with E-state index in [-0.39, 0.29) is 29.9 Å². The van der Waals surface area contributed by atoms with Crippen LogP contribution in [0.2, 0.25) is 0 Å². The van der Waals surface area contributed by atoms with E-state index >= 15 is 0 Å². The molecular weight excluding hydrogens is 430 g/mol. The fourth-order valence-corrected chi connectivity index (χ4v) is 5.05. The van der Waals surface area contributed by atoms with Gasteiger partial charge in [0.2, 0.25) is 5.91 Å². The summed E-state index contributed by atoms with van der Waals surface area (Å²) in [5.74, 6) is -0.427. The summed E-state index contributed by atoms with van der Waals surface area (Å²) < 4.78 is 0. The number of hydrogen-bond donors (Lipinski definition) is 3. The summed E-state index contributed by atoms with van der Waals surface area (Å²) in [6, 6.07) is 10.2. The van der Waals surface area contributed by atoms with Gasteiger partial charge >= 0.3 is 6.03 Å². The number of carbonyl (C=O) groups is 3. The molecule has 0 unspecified atom stereocenters. The lowest BCUT2D eigenvalue weighted by Gasteiger charge is -2.24. The Hall–Kier alpha value is -3.68. The van der Waals surface area contributed by atoms with Crippen LogP contribution in [0.3, 0.4) is 0 Å². The fourth-order valence-electron chi connectivity index (χ4n) is 5.05.